The molecule has 0 aromatic heterocycles. The van der Waals surface area contributed by atoms with Crippen LogP contribution in [0.3, 0.4) is 0 Å². The van der Waals surface area contributed by atoms with Gasteiger partial charge in [0.2, 0.25) is 5.91 Å². The van der Waals surface area contributed by atoms with Crippen molar-refractivity contribution < 1.29 is 32.9 Å². The molecule has 0 aliphatic heterocycles. The molecule has 3 N–H and O–H groups in total. The Balaban J connectivity index is 3.98. The number of nitrogens with zero attached hydrogens (tertiary/aromatic N) is 1. The number of hydrogen-bond acceptors (Lipinski definition) is 5. The lowest BCUT2D eigenvalue weighted by atomic mass is 10.0. The van der Waals surface area contributed by atoms with Crippen LogP contribution in [-0.2, 0) is 18.4 Å². The van der Waals surface area contributed by atoms with Gasteiger partial charge in [0.25, 0.3) is 0 Å². The van der Waals surface area contributed by atoms with Crippen LogP contribution in [0.2, 0.25) is 0 Å². The molecular weight excluding hydrogens is 780 g/mol. The van der Waals surface area contributed by atoms with Crippen molar-refractivity contribution in [1.29, 1.82) is 0 Å². The van der Waals surface area contributed by atoms with Gasteiger partial charge in [0.15, 0.2) is 0 Å². The fourth-order valence-corrected chi connectivity index (χ4v) is 8.50. The van der Waals surface area contributed by atoms with E-state index in [0.29, 0.717) is 17.4 Å². The zero-order valence-corrected chi connectivity index (χ0v) is 42.1. The van der Waals surface area contributed by atoms with Crippen LogP contribution in [0, 0.1) is 0 Å². The maximum absolute atomic E-state index is 12.7. The molecular formula is C52H104N2O6P+. The predicted octanol–water partition coefficient (Wildman–Crippen LogP) is 15.3. The van der Waals surface area contributed by atoms with Gasteiger partial charge in [0, 0.05) is 6.42 Å². The molecule has 9 heteroatoms. The number of allylic oxidation sites excluding steroid dienone is 3. The molecule has 61 heavy (non-hydrogen) atoms. The zero-order chi connectivity index (χ0) is 45.0. The van der Waals surface area contributed by atoms with Crippen molar-refractivity contribution in [3.05, 3.63) is 24.3 Å². The summed E-state index contributed by atoms with van der Waals surface area (Å²) in [5.74, 6) is -0.192. The first kappa shape index (κ1) is 60.0. The smallest absolute Gasteiger partial charge is 0.387 e. The van der Waals surface area contributed by atoms with Gasteiger partial charge in [-0.3, -0.25) is 13.8 Å². The first-order chi connectivity index (χ1) is 29.5. The number of nitrogens with one attached hydrogen (secondary N) is 1. The van der Waals surface area contributed by atoms with E-state index in [2.05, 4.69) is 31.3 Å². The molecule has 0 radical (unpaired) electrons. The van der Waals surface area contributed by atoms with Gasteiger partial charge in [0.05, 0.1) is 39.9 Å². The zero-order valence-electron chi connectivity index (χ0n) is 41.2. The Morgan fingerprint density at radius 1 is 0.541 bits per heavy atom. The van der Waals surface area contributed by atoms with E-state index in [0.717, 1.165) is 38.5 Å². The number of quaternary nitrogens is 1. The van der Waals surface area contributed by atoms with Crippen LogP contribution in [0.15, 0.2) is 24.3 Å². The molecule has 0 saturated carbocycles. The quantitative estimate of drug-likeness (QED) is 0.0243. The molecule has 0 bridgehead atoms. The Kier molecular flexibility index (Phi) is 43.5. The number of hydrogen-bond donors (Lipinski definition) is 3. The van der Waals surface area contributed by atoms with Crippen LogP contribution < -0.4 is 5.32 Å². The summed E-state index contributed by atoms with van der Waals surface area (Å²) in [7, 11) is 1.56. The number of rotatable bonds is 48. The lowest BCUT2D eigenvalue weighted by molar-refractivity contribution is -0.870. The maximum atomic E-state index is 12.7. The van der Waals surface area contributed by atoms with Gasteiger partial charge >= 0.3 is 7.82 Å². The number of unbranched alkanes of at least 4 members (excludes halogenated alkanes) is 33. The van der Waals surface area contributed by atoms with Gasteiger partial charge < -0.3 is 19.8 Å². The molecule has 0 spiro atoms. The summed E-state index contributed by atoms with van der Waals surface area (Å²) >= 11 is 0. The molecule has 3 atom stereocenters. The molecule has 362 valence electrons. The van der Waals surface area contributed by atoms with Crippen LogP contribution >= 0.6 is 7.82 Å². The Morgan fingerprint density at radius 2 is 0.902 bits per heavy atom. The summed E-state index contributed by atoms with van der Waals surface area (Å²) in [5.41, 5.74) is 0. The summed E-state index contributed by atoms with van der Waals surface area (Å²) in [4.78, 5) is 23.0. The Morgan fingerprint density at radius 3 is 1.31 bits per heavy atom. The summed E-state index contributed by atoms with van der Waals surface area (Å²) < 4.78 is 23.5. The minimum atomic E-state index is -4.34. The van der Waals surface area contributed by atoms with E-state index in [1.165, 1.54) is 193 Å². The van der Waals surface area contributed by atoms with Crippen molar-refractivity contribution in [3.8, 4) is 0 Å². The molecule has 8 nitrogen and oxygen atoms in total. The Hall–Kier alpha value is -1.02. The minimum absolute atomic E-state index is 0.0578. The van der Waals surface area contributed by atoms with E-state index in [4.69, 9.17) is 9.05 Å². The summed E-state index contributed by atoms with van der Waals surface area (Å²) in [6.07, 6.45) is 54.7. The number of carbonyl (C=O) groups excluding carboxylic acids is 1. The second-order valence-electron chi connectivity index (χ2n) is 19.3. The highest BCUT2D eigenvalue weighted by Gasteiger charge is 2.27. The van der Waals surface area contributed by atoms with E-state index in [1.807, 2.05) is 27.2 Å². The summed E-state index contributed by atoms with van der Waals surface area (Å²) in [6.45, 7) is 4.76. The van der Waals surface area contributed by atoms with Crippen LogP contribution in [0.1, 0.15) is 251 Å². The van der Waals surface area contributed by atoms with E-state index in [1.54, 1.807) is 6.08 Å². The van der Waals surface area contributed by atoms with Gasteiger partial charge in [-0.1, -0.05) is 237 Å². The van der Waals surface area contributed by atoms with Crippen molar-refractivity contribution >= 4 is 13.7 Å². The predicted molar refractivity (Wildman–Crippen MR) is 263 cm³/mol. The largest absolute Gasteiger partial charge is 0.472 e. The average molecular weight is 884 g/mol. The molecule has 0 aromatic carbocycles. The molecule has 0 aliphatic rings. The van der Waals surface area contributed by atoms with Crippen molar-refractivity contribution in [2.24, 2.45) is 0 Å². The van der Waals surface area contributed by atoms with E-state index < -0.39 is 20.0 Å². The third kappa shape index (κ3) is 46.8. The Labute approximate surface area is 379 Å². The maximum Gasteiger partial charge on any atom is 0.472 e. The third-order valence-electron chi connectivity index (χ3n) is 11.9. The normalized spacial score (nSPS) is 14.3. The number of aliphatic hydroxyl groups is 1. The topological polar surface area (TPSA) is 105 Å². The molecule has 0 aromatic rings. The van der Waals surface area contributed by atoms with Gasteiger partial charge in [-0.2, -0.15) is 0 Å². The fraction of sp³-hybridized carbons (Fsp3) is 0.904. The van der Waals surface area contributed by atoms with Gasteiger partial charge in [-0.25, -0.2) is 4.57 Å². The highest BCUT2D eigenvalue weighted by atomic mass is 31.2. The van der Waals surface area contributed by atoms with Crippen molar-refractivity contribution in [1.82, 2.24) is 5.32 Å². The molecule has 0 aliphatic carbocycles. The van der Waals surface area contributed by atoms with E-state index in [-0.39, 0.29) is 19.1 Å². The number of phosphoric ester groups is 1. The number of aliphatic hydroxyl groups excluding tert-OH is 1. The number of carbonyl (C=O) groups is 1. The van der Waals surface area contributed by atoms with Crippen LogP contribution in [0.5, 0.6) is 0 Å². The summed E-state index contributed by atoms with van der Waals surface area (Å²) in [5, 5.41) is 13.8. The number of amides is 1. The van der Waals surface area contributed by atoms with Crippen LogP contribution in [-0.4, -0.2) is 73.4 Å². The van der Waals surface area contributed by atoms with E-state index in [9.17, 15) is 19.4 Å². The second-order valence-corrected chi connectivity index (χ2v) is 20.7. The van der Waals surface area contributed by atoms with Gasteiger partial charge in [-0.05, 0) is 32.1 Å². The Bertz CT molecular complexity index is 1050. The highest BCUT2D eigenvalue weighted by molar-refractivity contribution is 7.47. The SMILES string of the molecule is CCCCCCCCCCCCCCCCCCCCCCCCCCCC/C=C/CC/C=C/C(O)C(COP(=O)(O)OCC[N+](C)(C)C)NC(=O)CCCCCCCCC. The number of phosphoric acid groups is 1. The molecule has 1 amide bonds. The lowest BCUT2D eigenvalue weighted by Gasteiger charge is -2.25. The lowest BCUT2D eigenvalue weighted by Crippen LogP contribution is -2.45. The van der Waals surface area contributed by atoms with Crippen LogP contribution in [0.4, 0.5) is 0 Å². The molecule has 0 heterocycles. The van der Waals surface area contributed by atoms with Crippen molar-refractivity contribution in [3.63, 3.8) is 0 Å². The van der Waals surface area contributed by atoms with Crippen LogP contribution in [0.25, 0.3) is 0 Å². The van der Waals surface area contributed by atoms with Crippen molar-refractivity contribution in [2.45, 2.75) is 264 Å². The first-order valence-electron chi connectivity index (χ1n) is 26.2. The van der Waals surface area contributed by atoms with Gasteiger partial charge in [-0.15, -0.1) is 0 Å². The molecule has 0 saturated heterocycles. The minimum Gasteiger partial charge on any atom is -0.387 e. The third-order valence-corrected chi connectivity index (χ3v) is 12.9. The fourth-order valence-electron chi connectivity index (χ4n) is 7.77. The summed E-state index contributed by atoms with van der Waals surface area (Å²) in [6, 6.07) is -0.857. The second kappa shape index (κ2) is 44.2. The molecule has 0 fully saturated rings. The first-order valence-corrected chi connectivity index (χ1v) is 27.7. The average Bonchev–Trinajstić information content (AvgIpc) is 3.21. The standard InChI is InChI=1S/C52H103N2O6P/c1-6-8-10-12-14-15-16-17-18-19-20-21-22-23-24-25-26-27-28-29-30-31-32-33-34-35-36-37-38-40-41-43-45-51(55)50(49-60-61(57,58)59-48-47-54(3,4)5)53-52(56)46-44-42-39-13-11-9-7-2/h37-38,43,45,50-51,55H,6-36,39-42,44,46-49H2,1-5H3,(H-,53,56,57,58)/p+1/b38-37+,45-43+. The molecule has 3 unspecified atom stereocenters. The van der Waals surface area contributed by atoms with Crippen molar-refractivity contribution in [2.75, 3.05) is 40.9 Å². The monoisotopic (exact) mass is 884 g/mol. The van der Waals surface area contributed by atoms with E-state index >= 15 is 0 Å². The number of likely N-dealkylation sites (N-methyl/N-ethyl adjacent to an activating group) is 1. The highest BCUT2D eigenvalue weighted by Crippen LogP contribution is 2.43. The van der Waals surface area contributed by atoms with Gasteiger partial charge in [0.1, 0.15) is 13.2 Å². The molecule has 0 rings (SSSR count).